The lowest BCUT2D eigenvalue weighted by molar-refractivity contribution is -0.521. The molecule has 0 aliphatic heterocycles. The van der Waals surface area contributed by atoms with Crippen molar-refractivity contribution in [3.63, 3.8) is 0 Å². The number of nitro groups is 1. The van der Waals surface area contributed by atoms with Gasteiger partial charge < -0.3 is 9.26 Å². The van der Waals surface area contributed by atoms with Crippen LogP contribution < -0.4 is 0 Å². The van der Waals surface area contributed by atoms with E-state index in [9.17, 15) is 14.9 Å². The molecule has 0 saturated carbocycles. The van der Waals surface area contributed by atoms with Gasteiger partial charge in [0.05, 0.1) is 25.7 Å². The number of carbonyl (C=O) groups excluding carboxylic acids is 1. The van der Waals surface area contributed by atoms with E-state index < -0.39 is 25.3 Å². The maximum Gasteiger partial charge on any atom is 0.305 e. The quantitative estimate of drug-likeness (QED) is 0.225. The summed E-state index contributed by atoms with van der Waals surface area (Å²) in [6.07, 6.45) is 0.345. The molecule has 110 valence electrons. The van der Waals surface area contributed by atoms with Gasteiger partial charge in [-0.1, -0.05) is 0 Å². The molecule has 0 bridgehead atoms. The molecule has 0 fully saturated rings. The van der Waals surface area contributed by atoms with Crippen molar-refractivity contribution in [2.75, 3.05) is 7.11 Å². The Hall–Kier alpha value is -1.44. The maximum atomic E-state index is 11.0. The number of oxime groups is 1. The fourth-order valence-electron chi connectivity index (χ4n) is 1.26. The predicted octanol–water partition coefficient (Wildman–Crippen LogP) is 2.20. The molecule has 0 aliphatic rings. The maximum absolute atomic E-state index is 11.0. The molecule has 0 saturated heterocycles. The minimum atomic E-state index is -1.77. The largest absolute Gasteiger partial charge is 0.469 e. The highest BCUT2D eigenvalue weighted by molar-refractivity contribution is 6.69. The van der Waals surface area contributed by atoms with Gasteiger partial charge in [-0.25, -0.2) is 0 Å². The highest BCUT2D eigenvalue weighted by Gasteiger charge is 2.23. The Labute approximate surface area is 114 Å². The lowest BCUT2D eigenvalue weighted by atomic mass is 10.1. The average Bonchev–Trinajstić information content (AvgIpc) is 2.30. The Balaban J connectivity index is 4.42. The number of methoxy groups -OCH3 is 1. The molecule has 0 amide bonds. The van der Waals surface area contributed by atoms with Crippen LogP contribution in [-0.4, -0.2) is 38.1 Å². The van der Waals surface area contributed by atoms with Crippen molar-refractivity contribution in [2.45, 2.75) is 51.9 Å². The third-order valence-corrected chi connectivity index (χ3v) is 2.85. The van der Waals surface area contributed by atoms with Gasteiger partial charge in [0.15, 0.2) is 0 Å². The summed E-state index contributed by atoms with van der Waals surface area (Å²) in [5.74, 6) is -0.445. The molecule has 0 spiro atoms. The Morgan fingerprint density at radius 3 is 2.42 bits per heavy atom. The van der Waals surface area contributed by atoms with Crippen LogP contribution in [0.15, 0.2) is 5.16 Å². The van der Waals surface area contributed by atoms with E-state index in [1.807, 2.05) is 19.6 Å². The molecule has 0 aromatic rings. The summed E-state index contributed by atoms with van der Waals surface area (Å²) in [4.78, 5) is 21.5. The fourth-order valence-corrected chi connectivity index (χ4v) is 1.69. The van der Waals surface area contributed by atoms with E-state index in [1.54, 1.807) is 6.92 Å². The average molecular weight is 290 g/mol. The summed E-state index contributed by atoms with van der Waals surface area (Å²) >= 11 is 0. The monoisotopic (exact) mass is 290 g/mol. The number of ether oxygens (including phenoxy) is 1. The third-order valence-electron chi connectivity index (χ3n) is 2.21. The topological polar surface area (TPSA) is 91.0 Å². The van der Waals surface area contributed by atoms with Gasteiger partial charge in [-0.15, -0.1) is 5.16 Å². The first-order valence-electron chi connectivity index (χ1n) is 6.07. The lowest BCUT2D eigenvalue weighted by Gasteiger charge is -2.14. The van der Waals surface area contributed by atoms with Gasteiger partial charge in [0.2, 0.25) is 6.04 Å². The predicted molar refractivity (Wildman–Crippen MR) is 74.2 cm³/mol. The fraction of sp³-hybridized carbons (Fsp3) is 0.818. The highest BCUT2D eigenvalue weighted by Crippen LogP contribution is 2.10. The molecule has 0 aromatic carbocycles. The zero-order valence-corrected chi connectivity index (χ0v) is 13.1. The van der Waals surface area contributed by atoms with E-state index >= 15 is 0 Å². The van der Waals surface area contributed by atoms with Gasteiger partial charge in [-0.3, -0.25) is 14.9 Å². The summed E-state index contributed by atoms with van der Waals surface area (Å²) in [5, 5.41) is 14.8. The lowest BCUT2D eigenvalue weighted by Crippen LogP contribution is -2.26. The van der Waals surface area contributed by atoms with Crippen LogP contribution in [-0.2, 0) is 14.1 Å². The van der Waals surface area contributed by atoms with Crippen LogP contribution in [0.1, 0.15) is 26.2 Å². The number of esters is 1. The van der Waals surface area contributed by atoms with Gasteiger partial charge in [-0.2, -0.15) is 0 Å². The normalized spacial score (nSPS) is 13.8. The molecule has 1 unspecified atom stereocenters. The number of hydrogen-bond acceptors (Lipinski definition) is 6. The summed E-state index contributed by atoms with van der Waals surface area (Å²) in [6.45, 7) is 7.62. The molecule has 8 heteroatoms. The molecule has 1 atom stereocenters. The van der Waals surface area contributed by atoms with Crippen LogP contribution in [0.5, 0.6) is 0 Å². The van der Waals surface area contributed by atoms with Gasteiger partial charge in [0.1, 0.15) is 0 Å². The first kappa shape index (κ1) is 17.6. The zero-order chi connectivity index (χ0) is 15.1. The molecule has 0 radical (unpaired) electrons. The van der Waals surface area contributed by atoms with Gasteiger partial charge in [0.25, 0.3) is 8.32 Å². The Bertz CT molecular complexity index is 351. The van der Waals surface area contributed by atoms with Crippen molar-refractivity contribution in [1.29, 1.82) is 0 Å². The van der Waals surface area contributed by atoms with Crippen molar-refractivity contribution in [3.8, 4) is 0 Å². The van der Waals surface area contributed by atoms with Crippen LogP contribution in [0.25, 0.3) is 0 Å². The Morgan fingerprint density at radius 1 is 1.42 bits per heavy atom. The molecule has 0 rings (SSSR count). The van der Waals surface area contributed by atoms with Crippen LogP contribution in [0.2, 0.25) is 19.6 Å². The van der Waals surface area contributed by atoms with Crippen LogP contribution in [0.4, 0.5) is 0 Å². The number of hydrogen-bond donors (Lipinski definition) is 0. The number of carbonyl (C=O) groups is 1. The first-order valence-corrected chi connectivity index (χ1v) is 9.48. The van der Waals surface area contributed by atoms with E-state index in [0.29, 0.717) is 5.71 Å². The number of rotatable bonds is 8. The van der Waals surface area contributed by atoms with Crippen molar-refractivity contribution < 1.29 is 19.0 Å². The molecule has 0 aromatic heterocycles. The Morgan fingerprint density at radius 2 is 2.00 bits per heavy atom. The highest BCUT2D eigenvalue weighted by atomic mass is 28.4. The van der Waals surface area contributed by atoms with Crippen molar-refractivity contribution in [3.05, 3.63) is 10.1 Å². The smallest absolute Gasteiger partial charge is 0.305 e. The summed E-state index contributed by atoms with van der Waals surface area (Å²) in [5.41, 5.74) is 0.564. The van der Waals surface area contributed by atoms with Gasteiger partial charge in [0, 0.05) is 11.3 Å². The summed E-state index contributed by atoms with van der Waals surface area (Å²) in [7, 11) is -0.510. The molecule has 7 nitrogen and oxygen atoms in total. The van der Waals surface area contributed by atoms with Crippen molar-refractivity contribution in [1.82, 2.24) is 0 Å². The molecule has 0 N–H and O–H groups in total. The van der Waals surface area contributed by atoms with E-state index in [-0.39, 0.29) is 19.3 Å². The summed E-state index contributed by atoms with van der Waals surface area (Å²) in [6, 6.07) is -0.840. The minimum absolute atomic E-state index is 0.0320. The number of nitrogens with zero attached hydrogens (tertiary/aromatic N) is 2. The van der Waals surface area contributed by atoms with Gasteiger partial charge >= 0.3 is 5.97 Å². The van der Waals surface area contributed by atoms with Crippen LogP contribution in [0.3, 0.4) is 0 Å². The van der Waals surface area contributed by atoms with Crippen molar-refractivity contribution in [2.24, 2.45) is 5.16 Å². The van der Waals surface area contributed by atoms with E-state index in [0.717, 1.165) is 0 Å². The van der Waals surface area contributed by atoms with Crippen LogP contribution >= 0.6 is 0 Å². The van der Waals surface area contributed by atoms with E-state index in [2.05, 4.69) is 9.89 Å². The minimum Gasteiger partial charge on any atom is -0.469 e. The van der Waals surface area contributed by atoms with Crippen LogP contribution in [0, 0.1) is 10.1 Å². The van der Waals surface area contributed by atoms with Gasteiger partial charge in [-0.05, 0) is 26.6 Å². The molecule has 0 aliphatic carbocycles. The second-order valence-electron chi connectivity index (χ2n) is 5.29. The zero-order valence-electron chi connectivity index (χ0n) is 12.1. The summed E-state index contributed by atoms with van der Waals surface area (Å²) < 4.78 is 9.80. The second-order valence-corrected chi connectivity index (χ2v) is 9.70. The molecular formula is C11H22N2O5Si. The standard InChI is InChI=1S/C11H22N2O5Si/c1-9(12-18-19(3,4)5)8-10(13(15)16)6-7-11(14)17-2/h10H,6-8H2,1-5H3/b12-9+. The van der Waals surface area contributed by atoms with E-state index in [1.165, 1.54) is 7.11 Å². The van der Waals surface area contributed by atoms with Crippen molar-refractivity contribution >= 4 is 20.0 Å². The molecular weight excluding hydrogens is 268 g/mol. The Kier molecular flexibility index (Phi) is 7.28. The SMILES string of the molecule is COC(=O)CCC(C/C(C)=N/O[Si](C)(C)C)[N+](=O)[O-]. The second kappa shape index (κ2) is 7.88. The molecule has 19 heavy (non-hydrogen) atoms. The third kappa shape index (κ3) is 9.17. The van der Waals surface area contributed by atoms with E-state index in [4.69, 9.17) is 4.53 Å². The first-order chi connectivity index (χ1) is 8.65. The molecule has 0 heterocycles.